The van der Waals surface area contributed by atoms with Crippen molar-refractivity contribution < 1.29 is 4.79 Å². The molecule has 3 aromatic rings. The summed E-state index contributed by atoms with van der Waals surface area (Å²) in [6.07, 6.45) is 2.06. The number of pyridine rings is 1. The van der Waals surface area contributed by atoms with Gasteiger partial charge in [0.1, 0.15) is 5.82 Å². The highest BCUT2D eigenvalue weighted by Crippen LogP contribution is 2.18. The largest absolute Gasteiger partial charge is 0.345 e. The van der Waals surface area contributed by atoms with E-state index in [0.29, 0.717) is 12.1 Å². The van der Waals surface area contributed by atoms with E-state index in [1.807, 2.05) is 38.1 Å². The van der Waals surface area contributed by atoms with E-state index < -0.39 is 0 Å². The quantitative estimate of drug-likeness (QED) is 0.803. The van der Waals surface area contributed by atoms with Crippen molar-refractivity contribution in [1.29, 1.82) is 0 Å². The number of aryl methyl sites for hydroxylation is 3. The van der Waals surface area contributed by atoms with E-state index in [9.17, 15) is 4.79 Å². The zero-order valence-corrected chi connectivity index (χ0v) is 13.8. The Morgan fingerprint density at radius 2 is 2.12 bits per heavy atom. The zero-order chi connectivity index (χ0) is 16.7. The summed E-state index contributed by atoms with van der Waals surface area (Å²) < 4.78 is 2.09. The number of nitrogens with one attached hydrogen (secondary N) is 1. The van der Waals surface area contributed by atoms with Crippen molar-refractivity contribution >= 4 is 16.8 Å². The lowest BCUT2D eigenvalue weighted by Crippen LogP contribution is -2.25. The number of amides is 1. The summed E-state index contributed by atoms with van der Waals surface area (Å²) in [5.41, 5.74) is 3.40. The first-order valence-corrected chi connectivity index (χ1v) is 8.19. The van der Waals surface area contributed by atoms with Crippen LogP contribution in [0.15, 0.2) is 24.3 Å². The number of fused-ring (bicyclic) bond motifs is 2. The summed E-state index contributed by atoms with van der Waals surface area (Å²) in [6.45, 7) is 5.22. The third-order valence-corrected chi connectivity index (χ3v) is 4.50. The third-order valence-electron chi connectivity index (χ3n) is 4.50. The fourth-order valence-electron chi connectivity index (χ4n) is 3.22. The molecule has 1 N–H and O–H groups in total. The summed E-state index contributed by atoms with van der Waals surface area (Å²) in [5, 5.41) is 12.3. The first-order chi connectivity index (χ1) is 11.6. The molecule has 1 amide bonds. The van der Waals surface area contributed by atoms with E-state index >= 15 is 0 Å². The van der Waals surface area contributed by atoms with Gasteiger partial charge in [-0.15, -0.1) is 10.2 Å². The average Bonchev–Trinajstić information content (AvgIpc) is 3.16. The van der Waals surface area contributed by atoms with Gasteiger partial charge in [0.2, 0.25) is 0 Å². The Labute approximate surface area is 139 Å². The molecule has 2 aromatic heterocycles. The van der Waals surface area contributed by atoms with Crippen LogP contribution in [-0.4, -0.2) is 25.7 Å². The van der Waals surface area contributed by atoms with Crippen LogP contribution >= 0.6 is 0 Å². The van der Waals surface area contributed by atoms with Crippen molar-refractivity contribution in [3.63, 3.8) is 0 Å². The molecule has 122 valence electrons. The zero-order valence-electron chi connectivity index (χ0n) is 13.8. The minimum Gasteiger partial charge on any atom is -0.345 e. The first kappa shape index (κ1) is 14.8. The molecule has 24 heavy (non-hydrogen) atoms. The molecule has 0 saturated heterocycles. The minimum absolute atomic E-state index is 0.126. The van der Waals surface area contributed by atoms with E-state index in [1.54, 1.807) is 0 Å². The van der Waals surface area contributed by atoms with E-state index in [0.717, 1.165) is 53.2 Å². The predicted molar refractivity (Wildman–Crippen MR) is 90.7 cm³/mol. The Bertz CT molecular complexity index is 944. The predicted octanol–water partition coefficient (Wildman–Crippen LogP) is 2.32. The second kappa shape index (κ2) is 5.70. The number of rotatable bonds is 3. The molecule has 0 radical (unpaired) electrons. The molecule has 0 aliphatic carbocycles. The number of benzene rings is 1. The van der Waals surface area contributed by atoms with Gasteiger partial charge >= 0.3 is 0 Å². The number of carbonyl (C=O) groups is 1. The molecule has 6 nitrogen and oxygen atoms in total. The minimum atomic E-state index is -0.126. The second-order valence-electron chi connectivity index (χ2n) is 6.29. The molecule has 6 heteroatoms. The summed E-state index contributed by atoms with van der Waals surface area (Å²) in [4.78, 5) is 17.1. The highest BCUT2D eigenvalue weighted by molar-refractivity contribution is 5.98. The molecule has 1 aromatic carbocycles. The topological polar surface area (TPSA) is 72.7 Å². The lowest BCUT2D eigenvalue weighted by molar-refractivity contribution is 0.0948. The molecular formula is C18H19N5O. The van der Waals surface area contributed by atoms with E-state index in [4.69, 9.17) is 0 Å². The van der Waals surface area contributed by atoms with Gasteiger partial charge < -0.3 is 9.88 Å². The van der Waals surface area contributed by atoms with Crippen LogP contribution < -0.4 is 5.32 Å². The molecular weight excluding hydrogens is 302 g/mol. The van der Waals surface area contributed by atoms with Gasteiger partial charge in [0.15, 0.2) is 5.82 Å². The number of hydrogen-bond acceptors (Lipinski definition) is 4. The molecule has 1 aliphatic heterocycles. The lowest BCUT2D eigenvalue weighted by atomic mass is 10.1. The highest BCUT2D eigenvalue weighted by Gasteiger charge is 2.18. The van der Waals surface area contributed by atoms with Crippen LogP contribution in [0.2, 0.25) is 0 Å². The molecule has 4 rings (SSSR count). The van der Waals surface area contributed by atoms with Gasteiger partial charge in [-0.1, -0.05) is 11.6 Å². The van der Waals surface area contributed by atoms with Gasteiger partial charge in [-0.3, -0.25) is 9.78 Å². The fraction of sp³-hybridized carbons (Fsp3) is 0.333. The molecule has 0 bridgehead atoms. The first-order valence-electron chi connectivity index (χ1n) is 8.19. The Balaban J connectivity index is 1.57. The van der Waals surface area contributed by atoms with E-state index in [1.165, 1.54) is 0 Å². The van der Waals surface area contributed by atoms with Gasteiger partial charge in [0, 0.05) is 18.4 Å². The third kappa shape index (κ3) is 2.54. The molecule has 0 spiro atoms. The van der Waals surface area contributed by atoms with Gasteiger partial charge in [0.05, 0.1) is 23.3 Å². The summed E-state index contributed by atoms with van der Waals surface area (Å²) in [5.74, 6) is 1.70. The van der Waals surface area contributed by atoms with Crippen LogP contribution in [0.5, 0.6) is 0 Å². The number of carbonyl (C=O) groups excluding carboxylic acids is 1. The van der Waals surface area contributed by atoms with Gasteiger partial charge in [-0.25, -0.2) is 0 Å². The van der Waals surface area contributed by atoms with Crippen molar-refractivity contribution in [2.24, 2.45) is 0 Å². The van der Waals surface area contributed by atoms with Crippen molar-refractivity contribution in [2.75, 3.05) is 0 Å². The normalized spacial score (nSPS) is 13.2. The molecule has 3 heterocycles. The van der Waals surface area contributed by atoms with Crippen molar-refractivity contribution in [2.45, 2.75) is 39.8 Å². The van der Waals surface area contributed by atoms with Crippen LogP contribution in [-0.2, 0) is 19.5 Å². The summed E-state index contributed by atoms with van der Waals surface area (Å²) >= 11 is 0. The molecule has 0 saturated carbocycles. The van der Waals surface area contributed by atoms with E-state index in [-0.39, 0.29) is 5.91 Å². The number of hydrogen-bond donors (Lipinski definition) is 1. The highest BCUT2D eigenvalue weighted by atomic mass is 16.1. The van der Waals surface area contributed by atoms with Crippen LogP contribution in [0.3, 0.4) is 0 Å². The molecule has 0 fully saturated rings. The Kier molecular flexibility index (Phi) is 3.52. The molecule has 0 atom stereocenters. The van der Waals surface area contributed by atoms with Gasteiger partial charge in [-0.2, -0.15) is 0 Å². The Hall–Kier alpha value is -2.76. The summed E-state index contributed by atoms with van der Waals surface area (Å²) in [6, 6.07) is 7.97. The van der Waals surface area contributed by atoms with Crippen molar-refractivity contribution in [3.05, 3.63) is 52.7 Å². The van der Waals surface area contributed by atoms with Gasteiger partial charge in [-0.05, 0) is 38.5 Å². The SMILES string of the molecule is Cc1ccc2nc(C)c(C(=O)NCc3nnc4n3CCC4)cc2c1. The van der Waals surface area contributed by atoms with E-state index in [2.05, 4.69) is 25.1 Å². The maximum atomic E-state index is 12.6. The number of nitrogens with zero attached hydrogens (tertiary/aromatic N) is 4. The maximum absolute atomic E-state index is 12.6. The standard InChI is InChI=1S/C18H19N5O/c1-11-5-6-15-13(8-11)9-14(12(2)20-15)18(24)19-10-17-22-21-16-4-3-7-23(16)17/h5-6,8-9H,3-4,7,10H2,1-2H3,(H,19,24). The fourth-order valence-corrected chi connectivity index (χ4v) is 3.22. The van der Waals surface area contributed by atoms with Crippen LogP contribution in [0.4, 0.5) is 0 Å². The van der Waals surface area contributed by atoms with Crippen molar-refractivity contribution in [3.8, 4) is 0 Å². The van der Waals surface area contributed by atoms with Crippen LogP contribution in [0.25, 0.3) is 10.9 Å². The lowest BCUT2D eigenvalue weighted by Gasteiger charge is -2.09. The van der Waals surface area contributed by atoms with Crippen LogP contribution in [0, 0.1) is 13.8 Å². The molecule has 1 aliphatic rings. The molecule has 0 unspecified atom stereocenters. The monoisotopic (exact) mass is 321 g/mol. The smallest absolute Gasteiger partial charge is 0.253 e. The second-order valence-corrected chi connectivity index (χ2v) is 6.29. The Morgan fingerprint density at radius 1 is 1.25 bits per heavy atom. The maximum Gasteiger partial charge on any atom is 0.253 e. The van der Waals surface area contributed by atoms with Crippen molar-refractivity contribution in [1.82, 2.24) is 25.1 Å². The van der Waals surface area contributed by atoms with Gasteiger partial charge in [0.25, 0.3) is 5.91 Å². The summed E-state index contributed by atoms with van der Waals surface area (Å²) in [7, 11) is 0. The Morgan fingerprint density at radius 3 is 3.00 bits per heavy atom. The number of aromatic nitrogens is 4. The average molecular weight is 321 g/mol. The van der Waals surface area contributed by atoms with Crippen LogP contribution in [0.1, 0.15) is 39.7 Å².